The summed E-state index contributed by atoms with van der Waals surface area (Å²) in [5, 5.41) is 7.07. The van der Waals surface area contributed by atoms with Crippen LogP contribution in [0.15, 0.2) is 91.0 Å². The summed E-state index contributed by atoms with van der Waals surface area (Å²) in [7, 11) is 0. The van der Waals surface area contributed by atoms with Crippen LogP contribution in [0.5, 0.6) is 0 Å². The quantitative estimate of drug-likeness (QED) is 0.526. The molecule has 0 unspecified atom stereocenters. The Balaban J connectivity index is 1.42. The lowest BCUT2D eigenvalue weighted by Gasteiger charge is -2.18. The van der Waals surface area contributed by atoms with Gasteiger partial charge in [-0.15, -0.1) is 0 Å². The fourth-order valence-corrected chi connectivity index (χ4v) is 3.27. The van der Waals surface area contributed by atoms with Gasteiger partial charge in [0.25, 0.3) is 0 Å². The van der Waals surface area contributed by atoms with E-state index >= 15 is 0 Å². The number of benzene rings is 3. The molecule has 0 amide bonds. The number of hydrogen-bond acceptors (Lipinski definition) is 2. The Bertz CT molecular complexity index is 686. The van der Waals surface area contributed by atoms with Crippen LogP contribution in [-0.4, -0.2) is 19.6 Å². The molecule has 134 valence electrons. The minimum atomic E-state index is 0.446. The smallest absolute Gasteiger partial charge is 0.0206 e. The second kappa shape index (κ2) is 10.5. The highest BCUT2D eigenvalue weighted by Crippen LogP contribution is 2.27. The summed E-state index contributed by atoms with van der Waals surface area (Å²) < 4.78 is 0. The lowest BCUT2D eigenvalue weighted by Crippen LogP contribution is -2.28. The third-order valence-corrected chi connectivity index (χ3v) is 4.66. The minimum Gasteiger partial charge on any atom is -0.315 e. The molecule has 0 aliphatic carbocycles. The first kappa shape index (κ1) is 18.4. The molecule has 0 bridgehead atoms. The van der Waals surface area contributed by atoms with Crippen LogP contribution in [0.4, 0.5) is 0 Å². The Morgan fingerprint density at radius 3 is 1.62 bits per heavy atom. The first-order valence-corrected chi connectivity index (χ1v) is 9.49. The maximum atomic E-state index is 3.58. The molecule has 2 N–H and O–H groups in total. The maximum Gasteiger partial charge on any atom is 0.0206 e. The summed E-state index contributed by atoms with van der Waals surface area (Å²) in [6.07, 6.45) is 1.10. The second-order valence-electron chi connectivity index (χ2n) is 6.58. The molecule has 26 heavy (non-hydrogen) atoms. The highest BCUT2D eigenvalue weighted by molar-refractivity contribution is 5.32. The van der Waals surface area contributed by atoms with Crippen molar-refractivity contribution in [2.75, 3.05) is 19.6 Å². The first-order chi connectivity index (χ1) is 12.9. The summed E-state index contributed by atoms with van der Waals surface area (Å²) >= 11 is 0. The van der Waals surface area contributed by atoms with E-state index in [-0.39, 0.29) is 0 Å². The van der Waals surface area contributed by atoms with Gasteiger partial charge >= 0.3 is 0 Å². The Morgan fingerprint density at radius 1 is 0.538 bits per heavy atom. The maximum absolute atomic E-state index is 3.58. The normalized spacial score (nSPS) is 11.0. The Labute approximate surface area is 157 Å². The van der Waals surface area contributed by atoms with Crippen LogP contribution in [0.25, 0.3) is 0 Å². The zero-order valence-corrected chi connectivity index (χ0v) is 15.3. The van der Waals surface area contributed by atoms with E-state index in [9.17, 15) is 0 Å². The van der Waals surface area contributed by atoms with Crippen LogP contribution < -0.4 is 10.6 Å². The predicted octanol–water partition coefficient (Wildman–Crippen LogP) is 4.59. The molecular weight excluding hydrogens is 316 g/mol. The lowest BCUT2D eigenvalue weighted by molar-refractivity contribution is 0.578. The molecule has 0 atom stereocenters. The Kier molecular flexibility index (Phi) is 7.45. The fraction of sp³-hybridized carbons (Fsp3) is 0.250. The van der Waals surface area contributed by atoms with E-state index < -0.39 is 0 Å². The molecule has 0 spiro atoms. The van der Waals surface area contributed by atoms with Gasteiger partial charge in [0.15, 0.2) is 0 Å². The summed E-state index contributed by atoms with van der Waals surface area (Å²) in [5.74, 6) is 0.446. The second-order valence-corrected chi connectivity index (χ2v) is 6.58. The Hall–Kier alpha value is -2.42. The third-order valence-electron chi connectivity index (χ3n) is 4.66. The van der Waals surface area contributed by atoms with Gasteiger partial charge in [-0.25, -0.2) is 0 Å². The molecule has 2 nitrogen and oxygen atoms in total. The van der Waals surface area contributed by atoms with Crippen molar-refractivity contribution >= 4 is 0 Å². The SMILES string of the molecule is c1ccc(CNCCNCCC(c2ccccc2)c2ccccc2)cc1. The van der Waals surface area contributed by atoms with Gasteiger partial charge in [0.05, 0.1) is 0 Å². The summed E-state index contributed by atoms with van der Waals surface area (Å²) in [6, 6.07) is 32.2. The molecule has 0 aromatic heterocycles. The van der Waals surface area contributed by atoms with E-state index in [0.717, 1.165) is 32.6 Å². The molecule has 0 radical (unpaired) electrons. The van der Waals surface area contributed by atoms with Crippen molar-refractivity contribution in [1.82, 2.24) is 10.6 Å². The van der Waals surface area contributed by atoms with Gasteiger partial charge in [0, 0.05) is 25.6 Å². The molecule has 3 rings (SSSR count). The van der Waals surface area contributed by atoms with E-state index in [0.29, 0.717) is 5.92 Å². The van der Waals surface area contributed by atoms with E-state index in [2.05, 4.69) is 102 Å². The van der Waals surface area contributed by atoms with Gasteiger partial charge in [-0.2, -0.15) is 0 Å². The van der Waals surface area contributed by atoms with Crippen molar-refractivity contribution in [3.63, 3.8) is 0 Å². The van der Waals surface area contributed by atoms with E-state index in [1.54, 1.807) is 0 Å². The third kappa shape index (κ3) is 5.83. The van der Waals surface area contributed by atoms with Gasteiger partial charge in [0.2, 0.25) is 0 Å². The number of hydrogen-bond donors (Lipinski definition) is 2. The van der Waals surface area contributed by atoms with Crippen molar-refractivity contribution in [3.05, 3.63) is 108 Å². The van der Waals surface area contributed by atoms with Gasteiger partial charge in [-0.3, -0.25) is 0 Å². The molecule has 0 fully saturated rings. The summed E-state index contributed by atoms with van der Waals surface area (Å²) in [4.78, 5) is 0. The zero-order chi connectivity index (χ0) is 17.9. The van der Waals surface area contributed by atoms with E-state index in [1.165, 1.54) is 16.7 Å². The van der Waals surface area contributed by atoms with Crippen molar-refractivity contribution in [2.24, 2.45) is 0 Å². The largest absolute Gasteiger partial charge is 0.315 e. The standard InChI is InChI=1S/C24H28N2/c1-4-10-21(11-5-1)20-26-19-18-25-17-16-24(22-12-6-2-7-13-22)23-14-8-3-9-15-23/h1-15,24-26H,16-20H2. The summed E-state index contributed by atoms with van der Waals surface area (Å²) in [5.41, 5.74) is 4.12. The zero-order valence-electron chi connectivity index (χ0n) is 15.3. The lowest BCUT2D eigenvalue weighted by atomic mass is 9.88. The molecular formula is C24H28N2. The topological polar surface area (TPSA) is 24.1 Å². The van der Waals surface area contributed by atoms with Crippen LogP contribution in [0, 0.1) is 0 Å². The van der Waals surface area contributed by atoms with Gasteiger partial charge in [-0.05, 0) is 29.7 Å². The highest BCUT2D eigenvalue weighted by Gasteiger charge is 2.12. The van der Waals surface area contributed by atoms with Gasteiger partial charge in [0.1, 0.15) is 0 Å². The molecule has 0 saturated heterocycles. The van der Waals surface area contributed by atoms with Crippen LogP contribution in [-0.2, 0) is 6.54 Å². The molecule has 0 aliphatic heterocycles. The van der Waals surface area contributed by atoms with Crippen molar-refractivity contribution < 1.29 is 0 Å². The molecule has 3 aromatic rings. The van der Waals surface area contributed by atoms with Crippen LogP contribution >= 0.6 is 0 Å². The van der Waals surface area contributed by atoms with Crippen molar-refractivity contribution in [3.8, 4) is 0 Å². The number of rotatable bonds is 10. The summed E-state index contributed by atoms with van der Waals surface area (Å²) in [6.45, 7) is 3.92. The first-order valence-electron chi connectivity index (χ1n) is 9.49. The highest BCUT2D eigenvalue weighted by atomic mass is 14.9. The van der Waals surface area contributed by atoms with Crippen molar-refractivity contribution in [2.45, 2.75) is 18.9 Å². The minimum absolute atomic E-state index is 0.446. The van der Waals surface area contributed by atoms with Crippen molar-refractivity contribution in [1.29, 1.82) is 0 Å². The van der Waals surface area contributed by atoms with Gasteiger partial charge < -0.3 is 10.6 Å². The molecule has 0 saturated carbocycles. The molecule has 3 aromatic carbocycles. The monoisotopic (exact) mass is 344 g/mol. The van der Waals surface area contributed by atoms with Crippen LogP contribution in [0.2, 0.25) is 0 Å². The Morgan fingerprint density at radius 2 is 1.04 bits per heavy atom. The predicted molar refractivity (Wildman–Crippen MR) is 110 cm³/mol. The molecule has 0 heterocycles. The average molecular weight is 345 g/mol. The average Bonchev–Trinajstić information content (AvgIpc) is 2.72. The van der Waals surface area contributed by atoms with Gasteiger partial charge in [-0.1, -0.05) is 91.0 Å². The molecule has 2 heteroatoms. The number of nitrogens with one attached hydrogen (secondary N) is 2. The fourth-order valence-electron chi connectivity index (χ4n) is 3.27. The van der Waals surface area contributed by atoms with Crippen LogP contribution in [0.3, 0.4) is 0 Å². The van der Waals surface area contributed by atoms with Crippen LogP contribution in [0.1, 0.15) is 29.0 Å². The molecule has 0 aliphatic rings. The van der Waals surface area contributed by atoms with E-state index in [1.807, 2.05) is 0 Å². The van der Waals surface area contributed by atoms with E-state index in [4.69, 9.17) is 0 Å².